The van der Waals surface area contributed by atoms with Crippen LogP contribution in [0.2, 0.25) is 0 Å². The van der Waals surface area contributed by atoms with Crippen molar-refractivity contribution >= 4 is 10.8 Å². The van der Waals surface area contributed by atoms with E-state index >= 15 is 0 Å². The lowest BCUT2D eigenvalue weighted by atomic mass is 10.1. The normalized spacial score (nSPS) is 22.6. The highest BCUT2D eigenvalue weighted by Gasteiger charge is 2.22. The topological polar surface area (TPSA) is 46.3 Å². The molecule has 3 rings (SSSR count). The van der Waals surface area contributed by atoms with E-state index in [1.165, 1.54) is 0 Å². The lowest BCUT2D eigenvalue weighted by Gasteiger charge is -2.29. The maximum absolute atomic E-state index is 11.4. The Hall–Kier alpha value is -1.46. The van der Waals surface area contributed by atoms with E-state index in [0.29, 0.717) is 12.6 Å². The fraction of sp³-hybridized carbons (Fsp3) is 0.438. The van der Waals surface area contributed by atoms with E-state index in [0.717, 1.165) is 41.6 Å². The van der Waals surface area contributed by atoms with Crippen LogP contribution in [0, 0.1) is 0 Å². The summed E-state index contributed by atoms with van der Waals surface area (Å²) in [5.41, 5.74) is 1.05. The fourth-order valence-corrected chi connectivity index (χ4v) is 3.96. The second-order valence-electron chi connectivity index (χ2n) is 5.48. The van der Waals surface area contributed by atoms with E-state index in [1.807, 2.05) is 30.3 Å². The molecule has 1 aromatic carbocycles. The van der Waals surface area contributed by atoms with Crippen molar-refractivity contribution in [1.29, 1.82) is 0 Å². The molecule has 1 aromatic heterocycles. The Morgan fingerprint density at radius 1 is 1.29 bits per heavy atom. The predicted molar refractivity (Wildman–Crippen MR) is 84.3 cm³/mol. The average Bonchev–Trinajstić information content (AvgIpc) is 2.97. The van der Waals surface area contributed by atoms with Crippen molar-refractivity contribution in [2.24, 2.45) is 0 Å². The summed E-state index contributed by atoms with van der Waals surface area (Å²) >= 11 is 0. The van der Waals surface area contributed by atoms with Crippen LogP contribution in [0.3, 0.4) is 0 Å². The summed E-state index contributed by atoms with van der Waals surface area (Å²) in [7, 11) is 1.48. The summed E-state index contributed by atoms with van der Waals surface area (Å²) in [4.78, 5) is 6.63. The standard InChI is InChI=1S/C16H20N2O2S/c1-18(14-7-9-21(19)10-8-14)12-16-17-11-15(20-16)13-5-3-2-4-6-13/h2-6,11,14H,7-10,12H2,1H3. The van der Waals surface area contributed by atoms with E-state index in [1.54, 1.807) is 6.20 Å². The van der Waals surface area contributed by atoms with Gasteiger partial charge in [-0.3, -0.25) is 9.11 Å². The number of benzene rings is 1. The Morgan fingerprint density at radius 3 is 2.71 bits per heavy atom. The van der Waals surface area contributed by atoms with Gasteiger partial charge in [0.15, 0.2) is 5.76 Å². The minimum Gasteiger partial charge on any atom is -0.439 e. The van der Waals surface area contributed by atoms with Gasteiger partial charge >= 0.3 is 0 Å². The molecule has 5 heteroatoms. The third kappa shape index (κ3) is 3.60. The van der Waals surface area contributed by atoms with Crippen molar-refractivity contribution in [3.05, 3.63) is 42.4 Å². The Bertz CT molecular complexity index is 602. The summed E-state index contributed by atoms with van der Waals surface area (Å²) in [5, 5.41) is 0. The van der Waals surface area contributed by atoms with Crippen LogP contribution in [-0.4, -0.2) is 38.7 Å². The van der Waals surface area contributed by atoms with Crippen LogP contribution in [0.4, 0.5) is 0 Å². The van der Waals surface area contributed by atoms with Crippen LogP contribution in [0.1, 0.15) is 18.7 Å². The van der Waals surface area contributed by atoms with Crippen LogP contribution < -0.4 is 0 Å². The van der Waals surface area contributed by atoms with Gasteiger partial charge in [-0.1, -0.05) is 30.3 Å². The molecule has 0 amide bonds. The zero-order valence-electron chi connectivity index (χ0n) is 12.2. The lowest BCUT2D eigenvalue weighted by molar-refractivity contribution is 0.201. The first-order valence-electron chi connectivity index (χ1n) is 7.28. The van der Waals surface area contributed by atoms with Gasteiger partial charge in [-0.25, -0.2) is 4.98 Å². The molecule has 0 radical (unpaired) electrons. The maximum Gasteiger partial charge on any atom is 0.209 e. The summed E-state index contributed by atoms with van der Waals surface area (Å²) in [6.07, 6.45) is 3.78. The van der Waals surface area contributed by atoms with Gasteiger partial charge < -0.3 is 4.42 Å². The molecule has 2 aromatic rings. The molecular formula is C16H20N2O2S. The Balaban J connectivity index is 1.63. The van der Waals surface area contributed by atoms with Crippen LogP contribution in [0.5, 0.6) is 0 Å². The fourth-order valence-electron chi connectivity index (χ4n) is 2.68. The molecule has 0 saturated carbocycles. The third-order valence-corrected chi connectivity index (χ3v) is 5.36. The summed E-state index contributed by atoms with van der Waals surface area (Å²) < 4.78 is 17.3. The van der Waals surface area contributed by atoms with E-state index in [-0.39, 0.29) is 0 Å². The Labute approximate surface area is 127 Å². The summed E-state index contributed by atoms with van der Waals surface area (Å²) in [6.45, 7) is 0.699. The van der Waals surface area contributed by atoms with Crippen molar-refractivity contribution in [3.63, 3.8) is 0 Å². The van der Waals surface area contributed by atoms with E-state index < -0.39 is 10.8 Å². The lowest BCUT2D eigenvalue weighted by Crippen LogP contribution is -2.37. The first-order chi connectivity index (χ1) is 10.2. The second kappa shape index (κ2) is 6.54. The SMILES string of the molecule is CN(Cc1ncc(-c2ccccc2)o1)C1CCS(=O)CC1. The van der Waals surface area contributed by atoms with Gasteiger partial charge in [-0.2, -0.15) is 0 Å². The quantitative estimate of drug-likeness (QED) is 0.871. The highest BCUT2D eigenvalue weighted by Crippen LogP contribution is 2.22. The molecule has 0 bridgehead atoms. The van der Waals surface area contributed by atoms with Crippen LogP contribution in [0.25, 0.3) is 11.3 Å². The molecule has 1 aliphatic rings. The predicted octanol–water partition coefficient (Wildman–Crippen LogP) is 2.68. The first-order valence-corrected chi connectivity index (χ1v) is 8.76. The zero-order chi connectivity index (χ0) is 14.7. The molecule has 0 unspecified atom stereocenters. The molecule has 1 fully saturated rings. The number of oxazole rings is 1. The summed E-state index contributed by atoms with van der Waals surface area (Å²) in [5.74, 6) is 3.18. The van der Waals surface area contributed by atoms with Gasteiger partial charge in [0.1, 0.15) is 0 Å². The monoisotopic (exact) mass is 304 g/mol. The molecule has 4 nitrogen and oxygen atoms in total. The van der Waals surface area contributed by atoms with Gasteiger partial charge in [-0.05, 0) is 19.9 Å². The van der Waals surface area contributed by atoms with Gasteiger partial charge in [0.2, 0.25) is 5.89 Å². The van der Waals surface area contributed by atoms with Gasteiger partial charge in [0.25, 0.3) is 0 Å². The zero-order valence-corrected chi connectivity index (χ0v) is 13.0. The highest BCUT2D eigenvalue weighted by molar-refractivity contribution is 7.85. The molecule has 1 aliphatic heterocycles. The molecule has 2 heterocycles. The number of hydrogen-bond acceptors (Lipinski definition) is 4. The minimum absolute atomic E-state index is 0.481. The number of hydrogen-bond donors (Lipinski definition) is 0. The van der Waals surface area contributed by atoms with Crippen LogP contribution in [-0.2, 0) is 17.3 Å². The third-order valence-electron chi connectivity index (χ3n) is 3.98. The van der Waals surface area contributed by atoms with Crippen molar-refractivity contribution in [1.82, 2.24) is 9.88 Å². The highest BCUT2D eigenvalue weighted by atomic mass is 32.2. The van der Waals surface area contributed by atoms with Gasteiger partial charge in [0, 0.05) is 33.9 Å². The van der Waals surface area contributed by atoms with Crippen LogP contribution in [0.15, 0.2) is 40.9 Å². The molecule has 1 saturated heterocycles. The van der Waals surface area contributed by atoms with E-state index in [4.69, 9.17) is 4.42 Å². The van der Waals surface area contributed by atoms with E-state index in [2.05, 4.69) is 16.9 Å². The molecule has 0 aliphatic carbocycles. The molecular weight excluding hydrogens is 284 g/mol. The molecule has 21 heavy (non-hydrogen) atoms. The smallest absolute Gasteiger partial charge is 0.209 e. The minimum atomic E-state index is -0.610. The summed E-state index contributed by atoms with van der Waals surface area (Å²) in [6, 6.07) is 10.5. The largest absolute Gasteiger partial charge is 0.439 e. The number of rotatable bonds is 4. The Morgan fingerprint density at radius 2 is 2.00 bits per heavy atom. The second-order valence-corrected chi connectivity index (χ2v) is 7.17. The average molecular weight is 304 g/mol. The van der Waals surface area contributed by atoms with Gasteiger partial charge in [0.05, 0.1) is 12.7 Å². The maximum atomic E-state index is 11.4. The van der Waals surface area contributed by atoms with Crippen molar-refractivity contribution < 1.29 is 8.63 Å². The molecule has 0 spiro atoms. The van der Waals surface area contributed by atoms with Crippen molar-refractivity contribution in [3.8, 4) is 11.3 Å². The molecule has 0 atom stereocenters. The first kappa shape index (κ1) is 14.5. The van der Waals surface area contributed by atoms with Gasteiger partial charge in [-0.15, -0.1) is 0 Å². The van der Waals surface area contributed by atoms with E-state index in [9.17, 15) is 4.21 Å². The number of aromatic nitrogens is 1. The van der Waals surface area contributed by atoms with Crippen molar-refractivity contribution in [2.75, 3.05) is 18.6 Å². The van der Waals surface area contributed by atoms with Crippen LogP contribution >= 0.6 is 0 Å². The molecule has 0 N–H and O–H groups in total. The van der Waals surface area contributed by atoms with Crippen molar-refractivity contribution in [2.45, 2.75) is 25.4 Å². The Kier molecular flexibility index (Phi) is 4.51. The number of nitrogens with zero attached hydrogens (tertiary/aromatic N) is 2. The molecule has 112 valence electrons.